The lowest BCUT2D eigenvalue weighted by Crippen LogP contribution is -2.14. The van der Waals surface area contributed by atoms with Crippen molar-refractivity contribution in [2.75, 3.05) is 7.11 Å². The van der Waals surface area contributed by atoms with Gasteiger partial charge in [-0.15, -0.1) is 5.10 Å². The minimum absolute atomic E-state index is 0.00761. The Morgan fingerprint density at radius 1 is 0.968 bits per heavy atom. The predicted molar refractivity (Wildman–Crippen MR) is 93.9 cm³/mol. The molecular formula is C19H12F6N4O2. The Morgan fingerprint density at radius 2 is 1.68 bits per heavy atom. The molecule has 2 aromatic carbocycles. The van der Waals surface area contributed by atoms with Crippen molar-refractivity contribution in [3.05, 3.63) is 58.8 Å². The van der Waals surface area contributed by atoms with Crippen LogP contribution in [0, 0.1) is 11.3 Å². The molecule has 0 fully saturated rings. The van der Waals surface area contributed by atoms with Gasteiger partial charge in [0.25, 0.3) is 0 Å². The summed E-state index contributed by atoms with van der Waals surface area (Å²) in [6.45, 7) is -0.796. The second-order valence-electron chi connectivity index (χ2n) is 6.19. The van der Waals surface area contributed by atoms with E-state index in [-0.39, 0.29) is 22.9 Å². The molecule has 3 aromatic rings. The summed E-state index contributed by atoms with van der Waals surface area (Å²) >= 11 is 0. The number of ether oxygens (including phenoxy) is 2. The molecule has 6 nitrogen and oxygen atoms in total. The first-order chi connectivity index (χ1) is 14.5. The van der Waals surface area contributed by atoms with E-state index in [0.717, 1.165) is 0 Å². The molecule has 0 aliphatic carbocycles. The van der Waals surface area contributed by atoms with E-state index in [1.807, 2.05) is 6.07 Å². The smallest absolute Gasteiger partial charge is 0.416 e. The van der Waals surface area contributed by atoms with Crippen LogP contribution in [0.25, 0.3) is 11.3 Å². The lowest BCUT2D eigenvalue weighted by atomic mass is 10.0. The molecule has 162 valence electrons. The Labute approximate surface area is 171 Å². The fourth-order valence-electron chi connectivity index (χ4n) is 2.75. The molecule has 0 radical (unpaired) electrons. The van der Waals surface area contributed by atoms with E-state index >= 15 is 0 Å². The largest absolute Gasteiger partial charge is 0.497 e. The van der Waals surface area contributed by atoms with E-state index in [1.54, 1.807) is 0 Å². The fourth-order valence-corrected chi connectivity index (χ4v) is 2.75. The van der Waals surface area contributed by atoms with Gasteiger partial charge in [-0.05, 0) is 30.3 Å². The lowest BCUT2D eigenvalue weighted by Gasteiger charge is -2.17. The number of benzene rings is 2. The van der Waals surface area contributed by atoms with Gasteiger partial charge >= 0.3 is 12.4 Å². The number of halogens is 6. The first kappa shape index (κ1) is 21.9. The highest BCUT2D eigenvalue weighted by Crippen LogP contribution is 2.37. The summed E-state index contributed by atoms with van der Waals surface area (Å²) in [6.07, 6.45) is -9.69. The van der Waals surface area contributed by atoms with Crippen LogP contribution in [0.3, 0.4) is 0 Å². The highest BCUT2D eigenvalue weighted by Gasteiger charge is 2.37. The molecule has 0 saturated carbocycles. The SMILES string of the molecule is COc1cc(OCc2cc(C(F)(F)F)ccc2C(F)(F)F)cc(-c2n[nH]nc2C#N)c1. The molecule has 1 N–H and O–H groups in total. The summed E-state index contributed by atoms with van der Waals surface area (Å²) in [5.74, 6) is 0.214. The zero-order valence-electron chi connectivity index (χ0n) is 15.6. The van der Waals surface area contributed by atoms with Crippen LogP contribution in [-0.2, 0) is 19.0 Å². The van der Waals surface area contributed by atoms with Crippen molar-refractivity contribution >= 4 is 0 Å². The zero-order valence-corrected chi connectivity index (χ0v) is 15.6. The Bertz CT molecular complexity index is 1130. The summed E-state index contributed by atoms with van der Waals surface area (Å²) in [6, 6.07) is 7.11. The fraction of sp³-hybridized carbons (Fsp3) is 0.211. The van der Waals surface area contributed by atoms with Gasteiger partial charge < -0.3 is 9.47 Å². The summed E-state index contributed by atoms with van der Waals surface area (Å²) in [5, 5.41) is 18.8. The van der Waals surface area contributed by atoms with E-state index in [4.69, 9.17) is 14.7 Å². The third-order valence-electron chi connectivity index (χ3n) is 4.18. The summed E-state index contributed by atoms with van der Waals surface area (Å²) in [4.78, 5) is 0. The molecule has 1 aromatic heterocycles. The first-order valence-electron chi connectivity index (χ1n) is 8.43. The second kappa shape index (κ2) is 8.17. The molecule has 0 saturated heterocycles. The maximum atomic E-state index is 13.2. The molecule has 0 atom stereocenters. The van der Waals surface area contributed by atoms with Gasteiger partial charge in [0.15, 0.2) is 5.69 Å². The summed E-state index contributed by atoms with van der Waals surface area (Å²) in [7, 11) is 1.32. The Kier molecular flexibility index (Phi) is 5.79. The molecule has 0 aliphatic rings. The van der Waals surface area contributed by atoms with Gasteiger partial charge in [-0.25, -0.2) is 0 Å². The molecule has 3 rings (SSSR count). The molecule has 0 spiro atoms. The van der Waals surface area contributed by atoms with Crippen molar-refractivity contribution in [2.24, 2.45) is 0 Å². The summed E-state index contributed by atoms with van der Waals surface area (Å²) < 4.78 is 89.1. The molecule has 31 heavy (non-hydrogen) atoms. The van der Waals surface area contributed by atoms with Crippen LogP contribution in [0.15, 0.2) is 36.4 Å². The second-order valence-corrected chi connectivity index (χ2v) is 6.19. The number of alkyl halides is 6. The van der Waals surface area contributed by atoms with Crippen LogP contribution >= 0.6 is 0 Å². The number of methoxy groups -OCH3 is 1. The molecular weight excluding hydrogens is 430 g/mol. The van der Waals surface area contributed by atoms with Crippen molar-refractivity contribution in [3.63, 3.8) is 0 Å². The third kappa shape index (κ3) is 4.88. The van der Waals surface area contributed by atoms with E-state index in [2.05, 4.69) is 15.4 Å². The number of H-pyrrole nitrogens is 1. The quantitative estimate of drug-likeness (QED) is 0.565. The van der Waals surface area contributed by atoms with E-state index in [9.17, 15) is 26.3 Å². The first-order valence-corrected chi connectivity index (χ1v) is 8.43. The van der Waals surface area contributed by atoms with E-state index < -0.39 is 35.6 Å². The van der Waals surface area contributed by atoms with E-state index in [1.165, 1.54) is 25.3 Å². The molecule has 0 unspecified atom stereocenters. The van der Waals surface area contributed by atoms with Crippen molar-refractivity contribution < 1.29 is 35.8 Å². The highest BCUT2D eigenvalue weighted by molar-refractivity contribution is 5.67. The minimum Gasteiger partial charge on any atom is -0.497 e. The number of nitrogens with zero attached hydrogens (tertiary/aromatic N) is 3. The predicted octanol–water partition coefficient (Wildman–Crippen LogP) is 4.97. The van der Waals surface area contributed by atoms with Gasteiger partial charge in [0.2, 0.25) is 0 Å². The Balaban J connectivity index is 1.97. The number of nitrogens with one attached hydrogen (secondary N) is 1. The monoisotopic (exact) mass is 442 g/mol. The number of aromatic amines is 1. The average molecular weight is 442 g/mol. The van der Waals surface area contributed by atoms with E-state index in [0.29, 0.717) is 23.8 Å². The molecule has 0 aliphatic heterocycles. The minimum atomic E-state index is -4.87. The zero-order chi connectivity index (χ0) is 22.8. The normalized spacial score (nSPS) is 11.8. The summed E-state index contributed by atoms with van der Waals surface area (Å²) in [5.41, 5.74) is -2.76. The lowest BCUT2D eigenvalue weighted by molar-refractivity contribution is -0.142. The van der Waals surface area contributed by atoms with Crippen LogP contribution in [0.4, 0.5) is 26.3 Å². The highest BCUT2D eigenvalue weighted by atomic mass is 19.4. The van der Waals surface area contributed by atoms with Gasteiger partial charge in [-0.3, -0.25) is 0 Å². The van der Waals surface area contributed by atoms with Crippen LogP contribution in [0.2, 0.25) is 0 Å². The number of nitriles is 1. The molecule has 0 bridgehead atoms. The average Bonchev–Trinajstić information content (AvgIpc) is 3.19. The number of hydrogen-bond acceptors (Lipinski definition) is 5. The molecule has 0 amide bonds. The van der Waals surface area contributed by atoms with Crippen molar-refractivity contribution in [1.82, 2.24) is 15.4 Å². The maximum Gasteiger partial charge on any atom is 0.416 e. The van der Waals surface area contributed by atoms with Crippen molar-refractivity contribution in [1.29, 1.82) is 5.26 Å². The van der Waals surface area contributed by atoms with Gasteiger partial charge in [0.1, 0.15) is 29.9 Å². The Morgan fingerprint density at radius 3 is 2.29 bits per heavy atom. The topological polar surface area (TPSA) is 83.8 Å². The van der Waals surface area contributed by atoms with Crippen LogP contribution < -0.4 is 9.47 Å². The molecule has 12 heteroatoms. The number of hydrogen-bond donors (Lipinski definition) is 1. The molecule has 1 heterocycles. The third-order valence-corrected chi connectivity index (χ3v) is 4.18. The standard InChI is InChI=1S/C19H12F6N4O2/c1-30-13-5-10(17-16(8-26)27-29-28-17)6-14(7-13)31-9-11-4-12(18(20,21)22)2-3-15(11)19(23,24)25/h2-7H,9H2,1H3,(H,27,28,29). The van der Waals surface area contributed by atoms with Gasteiger partial charge in [-0.2, -0.15) is 41.9 Å². The number of aromatic nitrogens is 3. The van der Waals surface area contributed by atoms with Crippen molar-refractivity contribution in [2.45, 2.75) is 19.0 Å². The Hall–Kier alpha value is -3.75. The maximum absolute atomic E-state index is 13.2. The van der Waals surface area contributed by atoms with Gasteiger partial charge in [0, 0.05) is 17.2 Å². The van der Waals surface area contributed by atoms with Crippen molar-refractivity contribution in [3.8, 4) is 28.8 Å². The van der Waals surface area contributed by atoms with Gasteiger partial charge in [0.05, 0.1) is 18.2 Å². The van der Waals surface area contributed by atoms with Crippen LogP contribution in [0.5, 0.6) is 11.5 Å². The van der Waals surface area contributed by atoms with Crippen LogP contribution in [-0.4, -0.2) is 22.5 Å². The van der Waals surface area contributed by atoms with Gasteiger partial charge in [-0.1, -0.05) is 0 Å². The number of rotatable bonds is 5. The van der Waals surface area contributed by atoms with Crippen LogP contribution in [0.1, 0.15) is 22.4 Å².